The Kier molecular flexibility index (Phi) is 4.85. The summed E-state index contributed by atoms with van der Waals surface area (Å²) >= 11 is 13.8. The number of fused-ring (bicyclic) bond motifs is 2. The second-order valence-corrected chi connectivity index (χ2v) is 11.0. The van der Waals surface area contributed by atoms with Gasteiger partial charge in [-0.15, -0.1) is 0 Å². The Morgan fingerprint density at radius 2 is 1.93 bits per heavy atom. The highest BCUT2D eigenvalue weighted by Gasteiger charge is 2.47. The van der Waals surface area contributed by atoms with Crippen molar-refractivity contribution in [3.63, 3.8) is 0 Å². The molecule has 2 aromatic carbocycles. The van der Waals surface area contributed by atoms with Crippen LogP contribution >= 0.6 is 35.0 Å². The van der Waals surface area contributed by atoms with E-state index in [0.717, 1.165) is 16.4 Å². The average molecular weight is 471 g/mol. The average Bonchev–Trinajstić information content (AvgIpc) is 3.32. The Balaban J connectivity index is 1.45. The molecule has 6 nitrogen and oxygen atoms in total. The first-order chi connectivity index (χ1) is 13.9. The van der Waals surface area contributed by atoms with E-state index in [2.05, 4.69) is 0 Å². The van der Waals surface area contributed by atoms with Crippen molar-refractivity contribution in [1.82, 2.24) is 0 Å². The fourth-order valence-electron chi connectivity index (χ4n) is 3.75. The normalized spacial score (nSPS) is 23.9. The summed E-state index contributed by atoms with van der Waals surface area (Å²) in [4.78, 5) is 6.75. The summed E-state index contributed by atoms with van der Waals surface area (Å²) in [6, 6.07) is 10.5. The van der Waals surface area contributed by atoms with Gasteiger partial charge in [-0.2, -0.15) is 0 Å². The van der Waals surface area contributed by atoms with Crippen LogP contribution in [0.3, 0.4) is 0 Å². The van der Waals surface area contributed by atoms with E-state index in [1.165, 1.54) is 11.8 Å². The van der Waals surface area contributed by atoms with Crippen LogP contribution in [0.25, 0.3) is 0 Å². The third-order valence-electron chi connectivity index (χ3n) is 5.11. The number of nitrogens with zero attached hydrogens (tertiary/aromatic N) is 2. The van der Waals surface area contributed by atoms with Gasteiger partial charge in [-0.3, -0.25) is 4.99 Å². The number of amidine groups is 1. The van der Waals surface area contributed by atoms with Gasteiger partial charge in [0, 0.05) is 27.6 Å². The van der Waals surface area contributed by atoms with Gasteiger partial charge in [0.2, 0.25) is 6.79 Å². The first-order valence-corrected chi connectivity index (χ1v) is 12.5. The van der Waals surface area contributed by atoms with Gasteiger partial charge in [0.1, 0.15) is 0 Å². The molecule has 0 aliphatic carbocycles. The van der Waals surface area contributed by atoms with Gasteiger partial charge in [-0.25, -0.2) is 8.42 Å². The van der Waals surface area contributed by atoms with Gasteiger partial charge in [0.25, 0.3) is 0 Å². The van der Waals surface area contributed by atoms with E-state index in [1.54, 1.807) is 12.1 Å². The van der Waals surface area contributed by atoms with Crippen molar-refractivity contribution in [3.8, 4) is 11.5 Å². The Bertz CT molecular complexity index is 1120. The maximum atomic E-state index is 12.2. The second-order valence-electron chi connectivity index (χ2n) is 7.06. The summed E-state index contributed by atoms with van der Waals surface area (Å²) in [7, 11) is -3.11. The van der Waals surface area contributed by atoms with E-state index in [-0.39, 0.29) is 30.4 Å². The summed E-state index contributed by atoms with van der Waals surface area (Å²) in [5.74, 6) is 2.09. The maximum absolute atomic E-state index is 12.2. The monoisotopic (exact) mass is 470 g/mol. The van der Waals surface area contributed by atoms with Crippen molar-refractivity contribution in [3.05, 3.63) is 52.0 Å². The van der Waals surface area contributed by atoms with Gasteiger partial charge < -0.3 is 14.4 Å². The van der Waals surface area contributed by atoms with Crippen LogP contribution in [0, 0.1) is 0 Å². The smallest absolute Gasteiger partial charge is 0.231 e. The zero-order valence-corrected chi connectivity index (χ0v) is 18.2. The zero-order valence-electron chi connectivity index (χ0n) is 15.0. The fraction of sp³-hybridized carbons (Fsp3) is 0.316. The van der Waals surface area contributed by atoms with E-state index in [4.69, 9.17) is 37.7 Å². The lowest BCUT2D eigenvalue weighted by Gasteiger charge is -2.26. The highest BCUT2D eigenvalue weighted by molar-refractivity contribution is 8.13. The highest BCUT2D eigenvalue weighted by Crippen LogP contribution is 2.41. The summed E-state index contributed by atoms with van der Waals surface area (Å²) < 4.78 is 35.3. The van der Waals surface area contributed by atoms with Crippen LogP contribution in [-0.4, -0.2) is 44.0 Å². The minimum absolute atomic E-state index is 0.0739. The van der Waals surface area contributed by atoms with Gasteiger partial charge in [-0.05, 0) is 29.8 Å². The molecule has 0 amide bonds. The molecule has 29 heavy (non-hydrogen) atoms. The molecule has 3 aliphatic rings. The van der Waals surface area contributed by atoms with E-state index in [1.807, 2.05) is 29.2 Å². The first kappa shape index (κ1) is 19.4. The SMILES string of the molecule is O=S1(=O)C[C@H]2N=C(SCc3ccc(Cl)cc3Cl)N(c3ccc4c(c3)OCO4)[C@H]2C1. The van der Waals surface area contributed by atoms with Crippen LogP contribution < -0.4 is 14.4 Å². The van der Waals surface area contributed by atoms with Crippen molar-refractivity contribution in [1.29, 1.82) is 0 Å². The molecular weight excluding hydrogens is 455 g/mol. The lowest BCUT2D eigenvalue weighted by molar-refractivity contribution is 0.174. The summed E-state index contributed by atoms with van der Waals surface area (Å²) in [5.41, 5.74) is 1.78. The molecule has 0 bridgehead atoms. The van der Waals surface area contributed by atoms with Crippen molar-refractivity contribution in [2.45, 2.75) is 17.8 Å². The van der Waals surface area contributed by atoms with Gasteiger partial charge in [-0.1, -0.05) is 41.0 Å². The van der Waals surface area contributed by atoms with E-state index in [9.17, 15) is 8.42 Å². The molecule has 0 aromatic heterocycles. The third kappa shape index (κ3) is 3.67. The molecule has 5 rings (SSSR count). The Labute approximate surface area is 182 Å². The van der Waals surface area contributed by atoms with E-state index >= 15 is 0 Å². The van der Waals surface area contributed by atoms with Crippen molar-refractivity contribution in [2.75, 3.05) is 23.2 Å². The molecule has 2 atom stereocenters. The fourth-order valence-corrected chi connectivity index (χ4v) is 7.28. The van der Waals surface area contributed by atoms with Gasteiger partial charge >= 0.3 is 0 Å². The molecule has 0 unspecified atom stereocenters. The highest BCUT2D eigenvalue weighted by atomic mass is 35.5. The van der Waals surface area contributed by atoms with Gasteiger partial charge in [0.05, 0.1) is 23.6 Å². The zero-order chi connectivity index (χ0) is 20.2. The van der Waals surface area contributed by atoms with Crippen molar-refractivity contribution >= 4 is 55.7 Å². The standard InChI is InChI=1S/C19H16Cl2N2O4S2/c20-12-2-1-11(14(21)5-12)7-28-19-22-15-8-29(24,25)9-16(15)23(19)13-3-4-17-18(6-13)27-10-26-17/h1-6,15-16H,7-10H2/t15-,16+/m1/s1. The molecule has 152 valence electrons. The Hall–Kier alpha value is -1.61. The van der Waals surface area contributed by atoms with Crippen LogP contribution in [0.1, 0.15) is 5.56 Å². The lowest BCUT2D eigenvalue weighted by atomic mass is 10.1. The van der Waals surface area contributed by atoms with Crippen molar-refractivity contribution in [2.24, 2.45) is 4.99 Å². The van der Waals surface area contributed by atoms with Crippen LogP contribution in [0.4, 0.5) is 5.69 Å². The summed E-state index contributed by atoms with van der Waals surface area (Å²) in [6.45, 7) is 0.185. The number of anilines is 1. The summed E-state index contributed by atoms with van der Waals surface area (Å²) in [6.07, 6.45) is 0. The van der Waals surface area contributed by atoms with E-state index in [0.29, 0.717) is 27.3 Å². The van der Waals surface area contributed by atoms with Crippen LogP contribution in [0.5, 0.6) is 11.5 Å². The summed E-state index contributed by atoms with van der Waals surface area (Å²) in [5, 5.41) is 1.96. The number of hydrogen-bond donors (Lipinski definition) is 0. The molecule has 1 saturated heterocycles. The largest absolute Gasteiger partial charge is 0.454 e. The molecular formula is C19H16Cl2N2O4S2. The molecule has 0 radical (unpaired) electrons. The molecule has 1 fully saturated rings. The molecule has 10 heteroatoms. The molecule has 0 spiro atoms. The molecule has 3 heterocycles. The first-order valence-electron chi connectivity index (χ1n) is 8.93. The number of ether oxygens (including phenoxy) is 2. The quantitative estimate of drug-likeness (QED) is 0.675. The molecule has 0 N–H and O–H groups in total. The number of rotatable bonds is 3. The second kappa shape index (κ2) is 7.27. The predicted molar refractivity (Wildman–Crippen MR) is 116 cm³/mol. The minimum Gasteiger partial charge on any atom is -0.454 e. The number of sulfone groups is 1. The topological polar surface area (TPSA) is 68.2 Å². The predicted octanol–water partition coefficient (Wildman–Crippen LogP) is 4.00. The number of aliphatic imine (C=N–C) groups is 1. The van der Waals surface area contributed by atoms with Crippen LogP contribution in [-0.2, 0) is 15.6 Å². The molecule has 2 aromatic rings. The minimum atomic E-state index is -3.11. The van der Waals surface area contributed by atoms with Crippen molar-refractivity contribution < 1.29 is 17.9 Å². The van der Waals surface area contributed by atoms with E-state index < -0.39 is 9.84 Å². The Morgan fingerprint density at radius 1 is 1.10 bits per heavy atom. The number of thioether (sulfide) groups is 1. The number of benzene rings is 2. The van der Waals surface area contributed by atoms with Gasteiger partial charge in [0.15, 0.2) is 26.5 Å². The Morgan fingerprint density at radius 3 is 2.76 bits per heavy atom. The molecule has 0 saturated carbocycles. The van der Waals surface area contributed by atoms with Crippen LogP contribution in [0.15, 0.2) is 41.4 Å². The third-order valence-corrected chi connectivity index (χ3v) is 8.42. The molecule has 3 aliphatic heterocycles. The van der Waals surface area contributed by atoms with Crippen LogP contribution in [0.2, 0.25) is 10.0 Å². The lowest BCUT2D eigenvalue weighted by Crippen LogP contribution is -2.39. The maximum Gasteiger partial charge on any atom is 0.231 e. The number of hydrogen-bond acceptors (Lipinski definition) is 7. The number of halogens is 2.